The fraction of sp³-hybridized carbons (Fsp3) is 0.667. The fourth-order valence-corrected chi connectivity index (χ4v) is 5.68. The maximum absolute atomic E-state index is 13.7. The summed E-state index contributed by atoms with van der Waals surface area (Å²) in [5, 5.41) is 3.44. The van der Waals surface area contributed by atoms with Crippen LogP contribution in [0.4, 0.5) is 4.79 Å². The van der Waals surface area contributed by atoms with Crippen LogP contribution in [0.3, 0.4) is 0 Å². The second-order valence-electron chi connectivity index (χ2n) is 11.3. The van der Waals surface area contributed by atoms with E-state index in [-0.39, 0.29) is 17.3 Å². The number of nitrogens with one attached hydrogen (secondary N) is 1. The Balaban J connectivity index is 1.74. The van der Waals surface area contributed by atoms with E-state index in [0.29, 0.717) is 37.0 Å². The van der Waals surface area contributed by atoms with Crippen molar-refractivity contribution in [3.63, 3.8) is 0 Å². The van der Waals surface area contributed by atoms with Gasteiger partial charge in [0.2, 0.25) is 5.91 Å². The van der Waals surface area contributed by atoms with Crippen LogP contribution >= 0.6 is 11.6 Å². The van der Waals surface area contributed by atoms with E-state index in [1.165, 1.54) is 32.1 Å². The minimum Gasteiger partial charge on any atom is -0.444 e. The maximum Gasteiger partial charge on any atom is 0.408 e. The van der Waals surface area contributed by atoms with Gasteiger partial charge >= 0.3 is 6.09 Å². The van der Waals surface area contributed by atoms with Gasteiger partial charge < -0.3 is 26.4 Å². The van der Waals surface area contributed by atoms with E-state index in [1.54, 1.807) is 32.9 Å². The van der Waals surface area contributed by atoms with E-state index in [9.17, 15) is 9.59 Å². The molecule has 0 aromatic heterocycles. The Morgan fingerprint density at radius 2 is 1.75 bits per heavy atom. The molecule has 9 heteroatoms. The first kappa shape index (κ1) is 28.1. The predicted molar refractivity (Wildman–Crippen MR) is 144 cm³/mol. The van der Waals surface area contributed by atoms with E-state index >= 15 is 0 Å². The first-order valence-corrected chi connectivity index (χ1v) is 13.4. The van der Waals surface area contributed by atoms with Gasteiger partial charge in [-0.3, -0.25) is 9.79 Å². The second-order valence-corrected chi connectivity index (χ2v) is 11.7. The lowest BCUT2D eigenvalue weighted by Crippen LogP contribution is -2.55. The normalized spacial score (nSPS) is 19.3. The summed E-state index contributed by atoms with van der Waals surface area (Å²) in [4.78, 5) is 32.6. The number of nitrogens with two attached hydrogens (primary N) is 2. The van der Waals surface area contributed by atoms with Crippen LogP contribution < -0.4 is 16.8 Å². The third-order valence-corrected chi connectivity index (χ3v) is 7.71. The highest BCUT2D eigenvalue weighted by Gasteiger charge is 2.43. The van der Waals surface area contributed by atoms with Crippen LogP contribution in [0.2, 0.25) is 5.02 Å². The molecular weight excluding hydrogens is 478 g/mol. The zero-order valence-electron chi connectivity index (χ0n) is 21.9. The molecule has 0 spiro atoms. The average molecular weight is 520 g/mol. The van der Waals surface area contributed by atoms with Gasteiger partial charge in [-0.2, -0.15) is 0 Å². The van der Waals surface area contributed by atoms with Gasteiger partial charge in [0.05, 0.1) is 0 Å². The summed E-state index contributed by atoms with van der Waals surface area (Å²) < 4.78 is 5.45. The van der Waals surface area contributed by atoms with Crippen molar-refractivity contribution in [2.45, 2.75) is 83.8 Å². The van der Waals surface area contributed by atoms with Gasteiger partial charge in [0.15, 0.2) is 5.96 Å². The highest BCUT2D eigenvalue weighted by molar-refractivity contribution is 6.30. The number of rotatable bonds is 7. The van der Waals surface area contributed by atoms with Crippen molar-refractivity contribution in [2.75, 3.05) is 19.6 Å². The number of aliphatic imine (C=N–C) groups is 1. The Bertz CT molecular complexity index is 910. The van der Waals surface area contributed by atoms with Crippen molar-refractivity contribution in [1.82, 2.24) is 10.2 Å². The molecule has 1 aromatic rings. The Hall–Kier alpha value is -2.48. The molecule has 2 aliphatic rings. The summed E-state index contributed by atoms with van der Waals surface area (Å²) in [6.07, 6.45) is 7.58. The molecule has 8 nitrogen and oxygen atoms in total. The van der Waals surface area contributed by atoms with E-state index < -0.39 is 17.7 Å². The van der Waals surface area contributed by atoms with Crippen LogP contribution in [0.15, 0.2) is 29.3 Å². The summed E-state index contributed by atoms with van der Waals surface area (Å²) >= 11 is 6.04. The van der Waals surface area contributed by atoms with E-state index in [2.05, 4.69) is 10.3 Å². The van der Waals surface area contributed by atoms with Crippen molar-refractivity contribution in [3.8, 4) is 0 Å². The highest BCUT2D eigenvalue weighted by atomic mass is 35.5. The molecular formula is C27H42ClN5O3. The zero-order valence-corrected chi connectivity index (χ0v) is 22.7. The molecule has 1 aliphatic heterocycles. The standard InChI is InChI=1S/C27H42ClN5O3/c1-26(2,3)36-25(35)32-22(17-19-9-11-21(28)12-10-19)23(34)33-15-13-27(14-16-33,18-31-24(29)30)20-7-5-4-6-8-20/h9-12,20,22H,4-8,13-18H2,1-3H3,(H,32,35)(H4,29,30,31). The molecule has 1 aliphatic carbocycles. The Morgan fingerprint density at radius 1 is 1.14 bits per heavy atom. The number of guanidine groups is 1. The van der Waals surface area contributed by atoms with Crippen molar-refractivity contribution in [2.24, 2.45) is 27.8 Å². The summed E-state index contributed by atoms with van der Waals surface area (Å²) in [7, 11) is 0. The fourth-order valence-electron chi connectivity index (χ4n) is 5.56. The molecule has 3 rings (SSSR count). The summed E-state index contributed by atoms with van der Waals surface area (Å²) in [6.45, 7) is 7.23. The average Bonchev–Trinajstić information content (AvgIpc) is 2.83. The predicted octanol–water partition coefficient (Wildman–Crippen LogP) is 4.24. The van der Waals surface area contributed by atoms with Crippen molar-refractivity contribution in [1.29, 1.82) is 0 Å². The molecule has 1 atom stereocenters. The van der Waals surface area contributed by atoms with Gasteiger partial charge in [0, 0.05) is 31.1 Å². The molecule has 1 aromatic carbocycles. The molecule has 1 saturated heterocycles. The van der Waals surface area contributed by atoms with Crippen molar-refractivity contribution >= 4 is 29.6 Å². The van der Waals surface area contributed by atoms with Crippen LogP contribution in [-0.2, 0) is 16.0 Å². The number of benzene rings is 1. The van der Waals surface area contributed by atoms with Gasteiger partial charge in [0.25, 0.3) is 0 Å². The third kappa shape index (κ3) is 8.02. The molecule has 0 bridgehead atoms. The SMILES string of the molecule is CC(C)(C)OC(=O)NC(Cc1ccc(Cl)cc1)C(=O)N1CCC(CN=C(N)N)(C2CCCCC2)CC1. The summed E-state index contributed by atoms with van der Waals surface area (Å²) in [5.74, 6) is 0.583. The number of hydrogen-bond donors (Lipinski definition) is 3. The lowest BCUT2D eigenvalue weighted by atomic mass is 9.63. The maximum atomic E-state index is 13.7. The number of alkyl carbamates (subject to hydrolysis) is 1. The molecule has 1 heterocycles. The molecule has 1 unspecified atom stereocenters. The van der Waals surface area contributed by atoms with Gasteiger partial charge in [0.1, 0.15) is 11.6 Å². The van der Waals surface area contributed by atoms with Crippen LogP contribution in [0, 0.1) is 11.3 Å². The number of likely N-dealkylation sites (tertiary alicyclic amines) is 1. The number of piperidine rings is 1. The monoisotopic (exact) mass is 519 g/mol. The van der Waals surface area contributed by atoms with Crippen LogP contribution in [0.25, 0.3) is 0 Å². The van der Waals surface area contributed by atoms with Crippen molar-refractivity contribution in [3.05, 3.63) is 34.9 Å². The molecule has 200 valence electrons. The Kier molecular flexibility index (Phi) is 9.50. The molecule has 2 amide bonds. The van der Waals surface area contributed by atoms with Gasteiger partial charge in [-0.15, -0.1) is 0 Å². The number of nitrogens with zero attached hydrogens (tertiary/aromatic N) is 2. The molecule has 1 saturated carbocycles. The number of hydrogen-bond acceptors (Lipinski definition) is 4. The van der Waals surface area contributed by atoms with E-state index in [4.69, 9.17) is 27.8 Å². The zero-order chi connectivity index (χ0) is 26.3. The van der Waals surface area contributed by atoms with Gasteiger partial charge in [-0.05, 0) is 75.5 Å². The number of halogens is 1. The van der Waals surface area contributed by atoms with Crippen LogP contribution in [-0.4, -0.2) is 54.1 Å². The second kappa shape index (κ2) is 12.2. The Labute approximate surface area is 220 Å². The van der Waals surface area contributed by atoms with Gasteiger partial charge in [-0.1, -0.05) is 43.0 Å². The number of ether oxygens (including phenoxy) is 1. The molecule has 2 fully saturated rings. The number of carbonyl (C=O) groups is 2. The van der Waals surface area contributed by atoms with E-state index in [1.807, 2.05) is 17.0 Å². The van der Waals surface area contributed by atoms with Crippen LogP contribution in [0.5, 0.6) is 0 Å². The smallest absolute Gasteiger partial charge is 0.408 e. The number of carbonyl (C=O) groups excluding carboxylic acids is 2. The number of amides is 2. The highest BCUT2D eigenvalue weighted by Crippen LogP contribution is 2.46. The lowest BCUT2D eigenvalue weighted by Gasteiger charge is -2.47. The largest absolute Gasteiger partial charge is 0.444 e. The molecule has 0 radical (unpaired) electrons. The van der Waals surface area contributed by atoms with Crippen molar-refractivity contribution < 1.29 is 14.3 Å². The third-order valence-electron chi connectivity index (χ3n) is 7.46. The molecule has 36 heavy (non-hydrogen) atoms. The molecule has 5 N–H and O–H groups in total. The lowest BCUT2D eigenvalue weighted by molar-refractivity contribution is -0.136. The minimum atomic E-state index is -0.735. The topological polar surface area (TPSA) is 123 Å². The first-order valence-electron chi connectivity index (χ1n) is 13.1. The van der Waals surface area contributed by atoms with Gasteiger partial charge in [-0.25, -0.2) is 4.79 Å². The summed E-state index contributed by atoms with van der Waals surface area (Å²) in [6, 6.07) is 6.59. The summed E-state index contributed by atoms with van der Waals surface area (Å²) in [5.41, 5.74) is 11.6. The minimum absolute atomic E-state index is 0.00542. The van der Waals surface area contributed by atoms with Crippen LogP contribution in [0.1, 0.15) is 71.3 Å². The van der Waals surface area contributed by atoms with E-state index in [0.717, 1.165) is 18.4 Å². The quantitative estimate of drug-likeness (QED) is 0.367. The first-order chi connectivity index (χ1) is 17.0. The Morgan fingerprint density at radius 3 is 2.31 bits per heavy atom.